The standard InChI is InChI=1S/C13H15FN2/c1-8(2)11-4-12(10-6-16-7-10)9(5-15)3-13(11)14/h3-4,8,10,16H,6-7H2,1-2H3. The van der Waals surface area contributed by atoms with E-state index in [1.807, 2.05) is 19.9 Å². The van der Waals surface area contributed by atoms with Crippen LogP contribution < -0.4 is 5.32 Å². The number of nitrogens with one attached hydrogen (secondary N) is 1. The van der Waals surface area contributed by atoms with E-state index in [0.29, 0.717) is 17.0 Å². The average molecular weight is 218 g/mol. The van der Waals surface area contributed by atoms with Crippen LogP contribution >= 0.6 is 0 Å². The van der Waals surface area contributed by atoms with Crippen molar-refractivity contribution in [2.45, 2.75) is 25.7 Å². The fourth-order valence-electron chi connectivity index (χ4n) is 1.99. The Morgan fingerprint density at radius 1 is 1.44 bits per heavy atom. The zero-order chi connectivity index (χ0) is 11.7. The summed E-state index contributed by atoms with van der Waals surface area (Å²) < 4.78 is 13.7. The van der Waals surface area contributed by atoms with Gasteiger partial charge in [0.05, 0.1) is 11.6 Å². The summed E-state index contributed by atoms with van der Waals surface area (Å²) in [7, 11) is 0. The number of benzene rings is 1. The molecule has 0 unspecified atom stereocenters. The maximum Gasteiger partial charge on any atom is 0.127 e. The molecule has 16 heavy (non-hydrogen) atoms. The van der Waals surface area contributed by atoms with E-state index in [9.17, 15) is 4.39 Å². The second kappa shape index (κ2) is 4.23. The molecule has 1 fully saturated rings. The molecule has 0 saturated carbocycles. The van der Waals surface area contributed by atoms with Gasteiger partial charge in [-0.15, -0.1) is 0 Å². The number of hydrogen-bond acceptors (Lipinski definition) is 2. The van der Waals surface area contributed by atoms with Crippen LogP contribution in [0.2, 0.25) is 0 Å². The van der Waals surface area contributed by atoms with E-state index in [4.69, 9.17) is 5.26 Å². The first kappa shape index (κ1) is 11.1. The molecule has 1 aromatic carbocycles. The Kier molecular flexibility index (Phi) is 2.93. The molecule has 0 aliphatic carbocycles. The molecule has 0 aromatic heterocycles. The quantitative estimate of drug-likeness (QED) is 0.827. The van der Waals surface area contributed by atoms with E-state index in [1.54, 1.807) is 0 Å². The highest BCUT2D eigenvalue weighted by atomic mass is 19.1. The fourth-order valence-corrected chi connectivity index (χ4v) is 1.99. The highest BCUT2D eigenvalue weighted by molar-refractivity contribution is 5.45. The van der Waals surface area contributed by atoms with Crippen LogP contribution in [-0.4, -0.2) is 13.1 Å². The molecule has 1 aliphatic rings. The minimum absolute atomic E-state index is 0.152. The summed E-state index contributed by atoms with van der Waals surface area (Å²) in [5.74, 6) is 0.259. The molecule has 84 valence electrons. The number of halogens is 1. The van der Waals surface area contributed by atoms with E-state index in [0.717, 1.165) is 18.7 Å². The molecule has 0 spiro atoms. The van der Waals surface area contributed by atoms with Crippen LogP contribution in [0.25, 0.3) is 0 Å². The lowest BCUT2D eigenvalue weighted by Gasteiger charge is -2.29. The maximum atomic E-state index is 13.7. The van der Waals surface area contributed by atoms with E-state index < -0.39 is 0 Å². The van der Waals surface area contributed by atoms with Gasteiger partial charge in [-0.3, -0.25) is 0 Å². The van der Waals surface area contributed by atoms with Gasteiger partial charge in [-0.05, 0) is 23.1 Å². The van der Waals surface area contributed by atoms with Crippen LogP contribution in [0.1, 0.15) is 42.4 Å². The molecule has 1 N–H and O–H groups in total. The summed E-state index contributed by atoms with van der Waals surface area (Å²) in [6.45, 7) is 5.70. The Bertz CT molecular complexity index is 442. The number of nitrogens with zero attached hydrogens (tertiary/aromatic N) is 1. The third-order valence-corrected chi connectivity index (χ3v) is 3.13. The minimum Gasteiger partial charge on any atom is -0.315 e. The Labute approximate surface area is 95.1 Å². The van der Waals surface area contributed by atoms with Crippen molar-refractivity contribution in [3.05, 3.63) is 34.6 Å². The molecule has 1 heterocycles. The van der Waals surface area contributed by atoms with Gasteiger partial charge in [0.1, 0.15) is 5.82 Å². The number of hydrogen-bond donors (Lipinski definition) is 1. The van der Waals surface area contributed by atoms with Crippen LogP contribution in [0, 0.1) is 17.1 Å². The molecule has 0 radical (unpaired) electrons. The Morgan fingerprint density at radius 2 is 2.12 bits per heavy atom. The van der Waals surface area contributed by atoms with Gasteiger partial charge < -0.3 is 5.32 Å². The summed E-state index contributed by atoms with van der Waals surface area (Å²) in [5, 5.41) is 12.2. The van der Waals surface area contributed by atoms with E-state index in [1.165, 1.54) is 6.07 Å². The normalized spacial score (nSPS) is 15.9. The molecule has 1 aliphatic heterocycles. The van der Waals surface area contributed by atoms with E-state index in [-0.39, 0.29) is 11.7 Å². The van der Waals surface area contributed by atoms with Crippen molar-refractivity contribution in [1.82, 2.24) is 5.32 Å². The summed E-state index contributed by atoms with van der Waals surface area (Å²) in [6, 6.07) is 5.33. The smallest absolute Gasteiger partial charge is 0.127 e. The van der Waals surface area contributed by atoms with Crippen LogP contribution in [0.5, 0.6) is 0 Å². The summed E-state index contributed by atoms with van der Waals surface area (Å²) in [6.07, 6.45) is 0. The van der Waals surface area contributed by atoms with Crippen LogP contribution in [0.3, 0.4) is 0 Å². The third-order valence-electron chi connectivity index (χ3n) is 3.13. The topological polar surface area (TPSA) is 35.8 Å². The molecule has 0 amide bonds. The largest absolute Gasteiger partial charge is 0.315 e. The van der Waals surface area contributed by atoms with Crippen molar-refractivity contribution >= 4 is 0 Å². The molecule has 0 atom stereocenters. The van der Waals surface area contributed by atoms with Gasteiger partial charge in [-0.25, -0.2) is 4.39 Å². The Balaban J connectivity index is 2.48. The van der Waals surface area contributed by atoms with Gasteiger partial charge in [-0.1, -0.05) is 19.9 Å². The molecular formula is C13H15FN2. The first-order chi connectivity index (χ1) is 7.63. The predicted octanol–water partition coefficient (Wildman–Crippen LogP) is 2.51. The van der Waals surface area contributed by atoms with Gasteiger partial charge in [0.2, 0.25) is 0 Å². The van der Waals surface area contributed by atoms with Crippen molar-refractivity contribution < 1.29 is 4.39 Å². The molecule has 2 nitrogen and oxygen atoms in total. The molecule has 1 saturated heterocycles. The fraction of sp³-hybridized carbons (Fsp3) is 0.462. The molecule has 0 bridgehead atoms. The highest BCUT2D eigenvalue weighted by Crippen LogP contribution is 2.29. The van der Waals surface area contributed by atoms with Crippen LogP contribution in [-0.2, 0) is 0 Å². The Hall–Kier alpha value is -1.40. The molecular weight excluding hydrogens is 203 g/mol. The van der Waals surface area contributed by atoms with Gasteiger partial charge >= 0.3 is 0 Å². The minimum atomic E-state index is -0.261. The SMILES string of the molecule is CC(C)c1cc(C2CNC2)c(C#N)cc1F. The Morgan fingerprint density at radius 3 is 2.56 bits per heavy atom. The maximum absolute atomic E-state index is 13.7. The van der Waals surface area contributed by atoms with Crippen molar-refractivity contribution in [3.8, 4) is 6.07 Å². The zero-order valence-electron chi connectivity index (χ0n) is 9.55. The monoisotopic (exact) mass is 218 g/mol. The molecule has 2 rings (SSSR count). The van der Waals surface area contributed by atoms with Crippen LogP contribution in [0.4, 0.5) is 4.39 Å². The van der Waals surface area contributed by atoms with Crippen molar-refractivity contribution in [3.63, 3.8) is 0 Å². The van der Waals surface area contributed by atoms with Gasteiger partial charge in [0, 0.05) is 19.0 Å². The predicted molar refractivity (Wildman–Crippen MR) is 60.8 cm³/mol. The van der Waals surface area contributed by atoms with Crippen molar-refractivity contribution in [1.29, 1.82) is 5.26 Å². The lowest BCUT2D eigenvalue weighted by atomic mass is 9.87. The zero-order valence-corrected chi connectivity index (χ0v) is 9.55. The summed E-state index contributed by atoms with van der Waals surface area (Å²) in [4.78, 5) is 0. The van der Waals surface area contributed by atoms with Gasteiger partial charge in [-0.2, -0.15) is 5.26 Å². The summed E-state index contributed by atoms with van der Waals surface area (Å²) >= 11 is 0. The second-order valence-corrected chi connectivity index (χ2v) is 4.58. The number of rotatable bonds is 2. The lowest BCUT2D eigenvalue weighted by Crippen LogP contribution is -2.40. The third kappa shape index (κ3) is 1.81. The van der Waals surface area contributed by atoms with Crippen molar-refractivity contribution in [2.75, 3.05) is 13.1 Å². The first-order valence-corrected chi connectivity index (χ1v) is 5.57. The van der Waals surface area contributed by atoms with E-state index in [2.05, 4.69) is 11.4 Å². The molecule has 3 heteroatoms. The molecule has 1 aromatic rings. The van der Waals surface area contributed by atoms with E-state index >= 15 is 0 Å². The average Bonchev–Trinajstić information content (AvgIpc) is 2.16. The van der Waals surface area contributed by atoms with Gasteiger partial charge in [0.15, 0.2) is 0 Å². The van der Waals surface area contributed by atoms with Crippen LogP contribution in [0.15, 0.2) is 12.1 Å². The first-order valence-electron chi connectivity index (χ1n) is 5.57. The summed E-state index contributed by atoms with van der Waals surface area (Å²) in [5.41, 5.74) is 2.18. The highest BCUT2D eigenvalue weighted by Gasteiger charge is 2.23. The lowest BCUT2D eigenvalue weighted by molar-refractivity contribution is 0.446. The number of nitriles is 1. The second-order valence-electron chi connectivity index (χ2n) is 4.58. The van der Waals surface area contributed by atoms with Gasteiger partial charge in [0.25, 0.3) is 0 Å². The van der Waals surface area contributed by atoms with Crippen molar-refractivity contribution in [2.24, 2.45) is 0 Å².